The average Bonchev–Trinajstić information content (AvgIpc) is 3.14. The van der Waals surface area contributed by atoms with E-state index in [1.165, 1.54) is 11.3 Å². The number of carbonyl (C=O) groups excluding carboxylic acids is 2. The molecule has 2 heterocycles. The number of thiophene rings is 1. The predicted octanol–water partition coefficient (Wildman–Crippen LogP) is 2.71. The number of aromatic nitrogens is 1. The van der Waals surface area contributed by atoms with Crippen LogP contribution in [0.1, 0.15) is 31.2 Å². The van der Waals surface area contributed by atoms with E-state index in [1.54, 1.807) is 13.8 Å². The first-order valence-corrected chi connectivity index (χ1v) is 8.40. The molecule has 1 amide bonds. The quantitative estimate of drug-likeness (QED) is 0.592. The molecule has 1 N–H and O–H groups in total. The first-order chi connectivity index (χ1) is 11.1. The second kappa shape index (κ2) is 8.47. The zero-order valence-corrected chi connectivity index (χ0v) is 14.1. The van der Waals surface area contributed by atoms with Gasteiger partial charge in [0, 0.05) is 13.0 Å². The Morgan fingerprint density at radius 2 is 2.26 bits per heavy atom. The van der Waals surface area contributed by atoms with Crippen LogP contribution in [0.5, 0.6) is 0 Å². The Balaban J connectivity index is 1.78. The van der Waals surface area contributed by atoms with Gasteiger partial charge in [-0.2, -0.15) is 0 Å². The van der Waals surface area contributed by atoms with E-state index < -0.39 is 0 Å². The van der Waals surface area contributed by atoms with Crippen LogP contribution in [-0.4, -0.2) is 30.0 Å². The molecule has 0 atom stereocenters. The van der Waals surface area contributed by atoms with Crippen LogP contribution >= 0.6 is 11.3 Å². The number of amides is 1. The summed E-state index contributed by atoms with van der Waals surface area (Å²) in [7, 11) is 0. The monoisotopic (exact) mass is 336 g/mol. The summed E-state index contributed by atoms with van der Waals surface area (Å²) in [5, 5.41) is 4.72. The summed E-state index contributed by atoms with van der Waals surface area (Å²) in [5.41, 5.74) is 0.635. The van der Waals surface area contributed by atoms with Crippen LogP contribution in [-0.2, 0) is 20.7 Å². The van der Waals surface area contributed by atoms with Gasteiger partial charge in [0.05, 0.1) is 23.6 Å². The molecule has 124 valence electrons. The Kier molecular flexibility index (Phi) is 6.34. The molecule has 0 aliphatic heterocycles. The van der Waals surface area contributed by atoms with Gasteiger partial charge in [-0.15, -0.1) is 11.3 Å². The first kappa shape index (κ1) is 17.2. The van der Waals surface area contributed by atoms with E-state index in [9.17, 15) is 9.59 Å². The molecule has 2 rings (SSSR count). The number of rotatable bonds is 8. The van der Waals surface area contributed by atoms with Gasteiger partial charge in [-0.25, -0.2) is 4.98 Å². The van der Waals surface area contributed by atoms with Gasteiger partial charge >= 0.3 is 5.97 Å². The molecular formula is C16H20N2O4S. The molecule has 0 saturated heterocycles. The second-order valence-corrected chi connectivity index (χ2v) is 5.88. The van der Waals surface area contributed by atoms with Crippen molar-refractivity contribution in [2.45, 2.75) is 33.1 Å². The highest BCUT2D eigenvalue weighted by Gasteiger charge is 2.15. The lowest BCUT2D eigenvalue weighted by Crippen LogP contribution is -2.27. The topological polar surface area (TPSA) is 81.4 Å². The minimum atomic E-state index is -0.241. The number of nitrogens with one attached hydrogen (secondary N) is 1. The molecule has 23 heavy (non-hydrogen) atoms. The van der Waals surface area contributed by atoms with Crippen LogP contribution in [0.25, 0.3) is 10.8 Å². The van der Waals surface area contributed by atoms with Crippen molar-refractivity contribution >= 4 is 23.2 Å². The van der Waals surface area contributed by atoms with Crippen LogP contribution in [0.2, 0.25) is 0 Å². The van der Waals surface area contributed by atoms with Crippen molar-refractivity contribution in [1.29, 1.82) is 0 Å². The molecule has 0 aliphatic carbocycles. The second-order valence-electron chi connectivity index (χ2n) is 4.93. The minimum absolute atomic E-state index is 0.136. The van der Waals surface area contributed by atoms with Crippen molar-refractivity contribution in [2.24, 2.45) is 0 Å². The molecule has 2 aromatic heterocycles. The number of ether oxygens (including phenoxy) is 1. The smallest absolute Gasteiger partial charge is 0.305 e. The highest BCUT2D eigenvalue weighted by Crippen LogP contribution is 2.25. The third-order valence-corrected chi connectivity index (χ3v) is 4.00. The highest BCUT2D eigenvalue weighted by molar-refractivity contribution is 7.13. The number of nitrogens with zero attached hydrogens (tertiary/aromatic N) is 1. The Labute approximate surface area is 138 Å². The van der Waals surface area contributed by atoms with Gasteiger partial charge in [0.1, 0.15) is 5.76 Å². The van der Waals surface area contributed by atoms with Crippen LogP contribution in [0.15, 0.2) is 21.9 Å². The summed E-state index contributed by atoms with van der Waals surface area (Å²) in [6.07, 6.45) is 1.03. The normalized spacial score (nSPS) is 10.5. The van der Waals surface area contributed by atoms with Gasteiger partial charge in [0.25, 0.3) is 0 Å². The fourth-order valence-corrected chi connectivity index (χ4v) is 2.65. The largest absolute Gasteiger partial charge is 0.466 e. The Morgan fingerprint density at radius 3 is 2.96 bits per heavy atom. The van der Waals surface area contributed by atoms with E-state index in [2.05, 4.69) is 10.3 Å². The van der Waals surface area contributed by atoms with Crippen molar-refractivity contribution < 1.29 is 18.7 Å². The van der Waals surface area contributed by atoms with E-state index >= 15 is 0 Å². The van der Waals surface area contributed by atoms with E-state index in [4.69, 9.17) is 9.15 Å². The Bertz CT molecular complexity index is 649. The Morgan fingerprint density at radius 1 is 1.43 bits per heavy atom. The summed E-state index contributed by atoms with van der Waals surface area (Å²) in [4.78, 5) is 28.4. The van der Waals surface area contributed by atoms with Crippen molar-refractivity contribution in [3.63, 3.8) is 0 Å². The molecule has 0 spiro atoms. The van der Waals surface area contributed by atoms with Gasteiger partial charge in [0.15, 0.2) is 0 Å². The minimum Gasteiger partial charge on any atom is -0.466 e. The summed E-state index contributed by atoms with van der Waals surface area (Å²) >= 11 is 1.54. The van der Waals surface area contributed by atoms with E-state index in [-0.39, 0.29) is 18.3 Å². The molecule has 0 saturated carbocycles. The van der Waals surface area contributed by atoms with E-state index in [0.717, 1.165) is 4.88 Å². The van der Waals surface area contributed by atoms with E-state index in [1.807, 2.05) is 17.5 Å². The summed E-state index contributed by atoms with van der Waals surface area (Å²) < 4.78 is 10.4. The lowest BCUT2D eigenvalue weighted by Gasteiger charge is -2.04. The van der Waals surface area contributed by atoms with Crippen LogP contribution in [0.3, 0.4) is 0 Å². The van der Waals surface area contributed by atoms with Crippen molar-refractivity contribution in [1.82, 2.24) is 10.3 Å². The summed E-state index contributed by atoms with van der Waals surface area (Å²) in [6.45, 7) is 4.38. The maximum absolute atomic E-state index is 11.9. The van der Waals surface area contributed by atoms with Gasteiger partial charge < -0.3 is 14.5 Å². The van der Waals surface area contributed by atoms with Crippen LogP contribution in [0, 0.1) is 6.92 Å². The predicted molar refractivity (Wildman–Crippen MR) is 87.1 cm³/mol. The summed E-state index contributed by atoms with van der Waals surface area (Å²) in [6, 6.07) is 3.85. The highest BCUT2D eigenvalue weighted by atomic mass is 32.1. The number of hydrogen-bond donors (Lipinski definition) is 1. The fraction of sp³-hybridized carbons (Fsp3) is 0.438. The van der Waals surface area contributed by atoms with Gasteiger partial charge in [0.2, 0.25) is 11.8 Å². The number of carbonyl (C=O) groups is 2. The van der Waals surface area contributed by atoms with Gasteiger partial charge in [-0.1, -0.05) is 6.07 Å². The standard InChI is InChI=1S/C16H20N2O4S/c1-3-21-15(20)7-4-8-17-14(19)10-12-11(2)22-16(18-12)13-6-5-9-23-13/h5-6,9H,3-4,7-8,10H2,1-2H3,(H,17,19). The maximum Gasteiger partial charge on any atom is 0.305 e. The SMILES string of the molecule is CCOC(=O)CCCNC(=O)Cc1nc(-c2cccs2)oc1C. The molecule has 7 heteroatoms. The zero-order valence-electron chi connectivity index (χ0n) is 13.3. The molecule has 0 fully saturated rings. The van der Waals surface area contributed by atoms with Gasteiger partial charge in [-0.05, 0) is 31.7 Å². The third-order valence-electron chi connectivity index (χ3n) is 3.14. The molecule has 2 aromatic rings. The lowest BCUT2D eigenvalue weighted by molar-refractivity contribution is -0.143. The van der Waals surface area contributed by atoms with Gasteiger partial charge in [-0.3, -0.25) is 9.59 Å². The fourth-order valence-electron chi connectivity index (χ4n) is 2.01. The number of esters is 1. The molecule has 0 radical (unpaired) electrons. The van der Waals surface area contributed by atoms with Crippen molar-refractivity contribution in [3.05, 3.63) is 29.0 Å². The van der Waals surface area contributed by atoms with Crippen molar-refractivity contribution in [2.75, 3.05) is 13.2 Å². The van der Waals surface area contributed by atoms with Crippen LogP contribution in [0.4, 0.5) is 0 Å². The van der Waals surface area contributed by atoms with Crippen LogP contribution < -0.4 is 5.32 Å². The molecule has 0 aliphatic rings. The number of oxazole rings is 1. The number of hydrogen-bond acceptors (Lipinski definition) is 6. The molecule has 0 aromatic carbocycles. The maximum atomic E-state index is 11.9. The zero-order chi connectivity index (χ0) is 16.7. The molecule has 0 bridgehead atoms. The third kappa shape index (κ3) is 5.21. The van der Waals surface area contributed by atoms with Crippen molar-refractivity contribution in [3.8, 4) is 10.8 Å². The first-order valence-electron chi connectivity index (χ1n) is 7.52. The van der Waals surface area contributed by atoms with E-state index in [0.29, 0.717) is 43.3 Å². The molecule has 0 unspecified atom stereocenters. The Hall–Kier alpha value is -2.15. The summed E-state index contributed by atoms with van der Waals surface area (Å²) in [5.74, 6) is 0.815. The molecular weight excluding hydrogens is 316 g/mol. The lowest BCUT2D eigenvalue weighted by atomic mass is 10.2. The molecule has 6 nitrogen and oxygen atoms in total. The average molecular weight is 336 g/mol. The number of aryl methyl sites for hydroxylation is 1.